The molecule has 128 valence electrons. The minimum Gasteiger partial charge on any atom is -0.325 e. The van der Waals surface area contributed by atoms with Gasteiger partial charge in [0, 0.05) is 23.7 Å². The molecule has 1 aromatic carbocycles. The molecular formula is C18H16FN3O2S. The Balaban J connectivity index is 1.60. The first-order chi connectivity index (χ1) is 12.0. The highest BCUT2D eigenvalue weighted by molar-refractivity contribution is 7.99. The maximum Gasteiger partial charge on any atom is 0.258 e. The van der Waals surface area contributed by atoms with Crippen LogP contribution in [0.5, 0.6) is 0 Å². The zero-order valence-corrected chi connectivity index (χ0v) is 14.3. The third kappa shape index (κ3) is 4.45. The summed E-state index contributed by atoms with van der Waals surface area (Å²) in [5.41, 5.74) is 2.46. The highest BCUT2D eigenvalue weighted by Crippen LogP contribution is 2.13. The van der Waals surface area contributed by atoms with Crippen LogP contribution >= 0.6 is 11.8 Å². The van der Waals surface area contributed by atoms with Crippen LogP contribution in [0.1, 0.15) is 11.3 Å². The van der Waals surface area contributed by atoms with Gasteiger partial charge in [0.1, 0.15) is 11.5 Å². The van der Waals surface area contributed by atoms with E-state index in [0.29, 0.717) is 22.8 Å². The Bertz CT molecular complexity index is 987. The number of nitrogens with zero attached hydrogens (tertiary/aromatic N) is 2. The van der Waals surface area contributed by atoms with E-state index >= 15 is 0 Å². The van der Waals surface area contributed by atoms with E-state index in [1.165, 1.54) is 40.4 Å². The zero-order valence-electron chi connectivity index (χ0n) is 13.5. The number of amides is 1. The van der Waals surface area contributed by atoms with Crippen LogP contribution in [0.25, 0.3) is 5.65 Å². The van der Waals surface area contributed by atoms with Gasteiger partial charge in [0.25, 0.3) is 5.56 Å². The van der Waals surface area contributed by atoms with Crippen molar-refractivity contribution in [1.29, 1.82) is 0 Å². The molecule has 0 radical (unpaired) electrons. The molecule has 0 saturated carbocycles. The number of anilines is 1. The molecule has 0 saturated heterocycles. The summed E-state index contributed by atoms with van der Waals surface area (Å²) in [6, 6.07) is 10.9. The molecule has 0 aliphatic carbocycles. The molecule has 1 amide bonds. The third-order valence-corrected chi connectivity index (χ3v) is 4.42. The van der Waals surface area contributed by atoms with Crippen molar-refractivity contribution in [2.45, 2.75) is 12.7 Å². The van der Waals surface area contributed by atoms with E-state index < -0.39 is 5.82 Å². The molecule has 0 bridgehead atoms. The average Bonchev–Trinajstić information content (AvgIpc) is 2.55. The molecule has 0 atom stereocenters. The zero-order chi connectivity index (χ0) is 17.8. The fourth-order valence-electron chi connectivity index (χ4n) is 2.34. The Morgan fingerprint density at radius 3 is 2.92 bits per heavy atom. The third-order valence-electron chi connectivity index (χ3n) is 3.45. The summed E-state index contributed by atoms with van der Waals surface area (Å²) in [5, 5.41) is 2.63. The number of thioether (sulfide) groups is 1. The second kappa shape index (κ2) is 7.48. The monoisotopic (exact) mass is 357 g/mol. The van der Waals surface area contributed by atoms with Crippen LogP contribution in [0.3, 0.4) is 0 Å². The van der Waals surface area contributed by atoms with Gasteiger partial charge in [-0.2, -0.15) is 0 Å². The van der Waals surface area contributed by atoms with Crippen molar-refractivity contribution in [2.24, 2.45) is 0 Å². The number of halogens is 1. The topological polar surface area (TPSA) is 63.5 Å². The van der Waals surface area contributed by atoms with Crippen molar-refractivity contribution < 1.29 is 9.18 Å². The van der Waals surface area contributed by atoms with Crippen LogP contribution in [0.2, 0.25) is 0 Å². The van der Waals surface area contributed by atoms with Gasteiger partial charge < -0.3 is 5.32 Å². The maximum atomic E-state index is 13.1. The molecule has 3 rings (SSSR count). The molecule has 0 aliphatic rings. The number of hydrogen-bond donors (Lipinski definition) is 1. The van der Waals surface area contributed by atoms with E-state index in [4.69, 9.17) is 0 Å². The molecule has 1 N–H and O–H groups in total. The number of carbonyl (C=O) groups is 1. The number of aryl methyl sites for hydroxylation is 1. The SMILES string of the molecule is Cc1ccc2nc(CSCC(=O)Nc3cccc(F)c3)cc(=O)n2c1. The van der Waals surface area contributed by atoms with Crippen LogP contribution in [0.4, 0.5) is 10.1 Å². The molecule has 2 heterocycles. The molecule has 2 aromatic heterocycles. The second-order valence-electron chi connectivity index (χ2n) is 5.57. The van der Waals surface area contributed by atoms with Crippen LogP contribution in [0, 0.1) is 12.7 Å². The van der Waals surface area contributed by atoms with Gasteiger partial charge in [-0.05, 0) is 36.8 Å². The van der Waals surface area contributed by atoms with Gasteiger partial charge in [-0.1, -0.05) is 12.1 Å². The average molecular weight is 357 g/mol. The maximum absolute atomic E-state index is 13.1. The normalized spacial score (nSPS) is 10.8. The largest absolute Gasteiger partial charge is 0.325 e. The lowest BCUT2D eigenvalue weighted by Crippen LogP contribution is -2.16. The van der Waals surface area contributed by atoms with Gasteiger partial charge in [-0.25, -0.2) is 9.37 Å². The molecule has 0 aliphatic heterocycles. The van der Waals surface area contributed by atoms with Crippen molar-refractivity contribution in [3.63, 3.8) is 0 Å². The Morgan fingerprint density at radius 1 is 1.28 bits per heavy atom. The van der Waals surface area contributed by atoms with E-state index in [9.17, 15) is 14.0 Å². The van der Waals surface area contributed by atoms with Crippen molar-refractivity contribution >= 4 is 29.0 Å². The summed E-state index contributed by atoms with van der Waals surface area (Å²) in [7, 11) is 0. The Kier molecular flexibility index (Phi) is 5.14. The molecular weight excluding hydrogens is 341 g/mol. The van der Waals surface area contributed by atoms with Crippen LogP contribution in [-0.4, -0.2) is 21.0 Å². The van der Waals surface area contributed by atoms with E-state index in [1.54, 1.807) is 18.3 Å². The van der Waals surface area contributed by atoms with Crippen LogP contribution < -0.4 is 10.9 Å². The minimum atomic E-state index is -0.401. The van der Waals surface area contributed by atoms with E-state index in [1.807, 2.05) is 13.0 Å². The number of nitrogens with one attached hydrogen (secondary N) is 1. The first kappa shape index (κ1) is 17.2. The summed E-state index contributed by atoms with van der Waals surface area (Å²) >= 11 is 1.34. The Hall–Kier alpha value is -2.67. The van der Waals surface area contributed by atoms with E-state index in [0.717, 1.165) is 5.56 Å². The Labute approximate surface area is 147 Å². The number of hydrogen-bond acceptors (Lipinski definition) is 4. The van der Waals surface area contributed by atoms with Gasteiger partial charge in [-0.3, -0.25) is 14.0 Å². The fourth-order valence-corrected chi connectivity index (χ4v) is 3.06. The Morgan fingerprint density at radius 2 is 2.12 bits per heavy atom. The van der Waals surface area contributed by atoms with E-state index in [2.05, 4.69) is 10.3 Å². The molecule has 0 fully saturated rings. The van der Waals surface area contributed by atoms with Crippen molar-refractivity contribution in [3.05, 3.63) is 76.1 Å². The van der Waals surface area contributed by atoms with Gasteiger partial charge in [0.2, 0.25) is 5.91 Å². The standard InChI is InChI=1S/C18H16FN3O2S/c1-12-5-6-16-20-15(8-18(24)22(16)9-12)10-25-11-17(23)21-14-4-2-3-13(19)7-14/h2-9H,10-11H2,1H3,(H,21,23). The first-order valence-corrected chi connectivity index (χ1v) is 8.79. The summed E-state index contributed by atoms with van der Waals surface area (Å²) in [6.45, 7) is 1.91. The molecule has 0 unspecified atom stereocenters. The van der Waals surface area contributed by atoms with Gasteiger partial charge in [0.05, 0.1) is 11.4 Å². The number of benzene rings is 1. The number of carbonyl (C=O) groups excluding carboxylic acids is 1. The summed E-state index contributed by atoms with van der Waals surface area (Å²) in [5.74, 6) is -0.00738. The molecule has 7 heteroatoms. The second-order valence-corrected chi connectivity index (χ2v) is 6.56. The number of fused-ring (bicyclic) bond motifs is 1. The number of pyridine rings is 1. The van der Waals surface area contributed by atoms with Crippen LogP contribution in [-0.2, 0) is 10.5 Å². The van der Waals surface area contributed by atoms with Gasteiger partial charge in [-0.15, -0.1) is 11.8 Å². The quantitative estimate of drug-likeness (QED) is 0.762. The molecule has 25 heavy (non-hydrogen) atoms. The number of aromatic nitrogens is 2. The minimum absolute atomic E-state index is 0.145. The smallest absolute Gasteiger partial charge is 0.258 e. The van der Waals surface area contributed by atoms with Gasteiger partial charge in [0.15, 0.2) is 0 Å². The van der Waals surface area contributed by atoms with Crippen molar-refractivity contribution in [3.8, 4) is 0 Å². The summed E-state index contributed by atoms with van der Waals surface area (Å²) in [6.07, 6.45) is 1.74. The highest BCUT2D eigenvalue weighted by Gasteiger charge is 2.06. The number of rotatable bonds is 5. The first-order valence-electron chi connectivity index (χ1n) is 7.63. The summed E-state index contributed by atoms with van der Waals surface area (Å²) in [4.78, 5) is 28.4. The van der Waals surface area contributed by atoms with Crippen molar-refractivity contribution in [2.75, 3.05) is 11.1 Å². The molecule has 0 spiro atoms. The van der Waals surface area contributed by atoms with Crippen molar-refractivity contribution in [1.82, 2.24) is 9.38 Å². The fraction of sp³-hybridized carbons (Fsp3) is 0.167. The lowest BCUT2D eigenvalue weighted by Gasteiger charge is -2.06. The lowest BCUT2D eigenvalue weighted by atomic mass is 10.3. The van der Waals surface area contributed by atoms with Gasteiger partial charge >= 0.3 is 0 Å². The molecule has 5 nitrogen and oxygen atoms in total. The predicted octanol–water partition coefficient (Wildman–Crippen LogP) is 3.01. The summed E-state index contributed by atoms with van der Waals surface area (Å²) < 4.78 is 14.6. The van der Waals surface area contributed by atoms with Crippen LogP contribution in [0.15, 0.2) is 53.5 Å². The van der Waals surface area contributed by atoms with E-state index in [-0.39, 0.29) is 17.2 Å². The highest BCUT2D eigenvalue weighted by atomic mass is 32.2. The molecule has 3 aromatic rings. The predicted molar refractivity (Wildman–Crippen MR) is 97.4 cm³/mol. The lowest BCUT2D eigenvalue weighted by molar-refractivity contribution is -0.113.